The smallest absolute Gasteiger partial charge is 0.323 e. The summed E-state index contributed by atoms with van der Waals surface area (Å²) < 4.78 is 7.06. The van der Waals surface area contributed by atoms with Crippen LogP contribution in [0.25, 0.3) is 5.57 Å². The minimum atomic E-state index is -1.22. The highest BCUT2D eigenvalue weighted by Crippen LogP contribution is 2.68. The van der Waals surface area contributed by atoms with Crippen molar-refractivity contribution in [1.29, 1.82) is 0 Å². The number of amides is 1. The summed E-state index contributed by atoms with van der Waals surface area (Å²) in [4.78, 5) is 32.3. The van der Waals surface area contributed by atoms with Crippen molar-refractivity contribution in [3.8, 4) is 0 Å². The van der Waals surface area contributed by atoms with Crippen molar-refractivity contribution < 1.29 is 14.3 Å². The van der Waals surface area contributed by atoms with Crippen LogP contribution < -0.4 is 0 Å². The molecule has 0 unspecified atom stereocenters. The van der Waals surface area contributed by atoms with Crippen LogP contribution in [0.1, 0.15) is 58.2 Å². The fraction of sp³-hybridized carbons (Fsp3) is 0.130. The van der Waals surface area contributed by atoms with Gasteiger partial charge < -0.3 is 9.64 Å². The van der Waals surface area contributed by atoms with E-state index in [0.717, 1.165) is 50.9 Å². The molecule has 0 N–H and O–H groups in total. The summed E-state index contributed by atoms with van der Waals surface area (Å²) in [5.74, 6) is -0.630. The number of benzene rings is 6. The first-order valence-electron chi connectivity index (χ1n) is 17.3. The Morgan fingerprint density at radius 1 is 0.620 bits per heavy atom. The first-order valence-corrected chi connectivity index (χ1v) is 17.3. The lowest BCUT2D eigenvalue weighted by atomic mass is 9.51. The number of ether oxygens (including phenoxy) is 1. The lowest BCUT2D eigenvalue weighted by molar-refractivity contribution is -0.177. The molecule has 4 nitrogen and oxygen atoms in total. The van der Waals surface area contributed by atoms with Crippen LogP contribution in [0.5, 0.6) is 0 Å². The summed E-state index contributed by atoms with van der Waals surface area (Å²) in [6.45, 7) is 2.57. The zero-order valence-electron chi connectivity index (χ0n) is 27.9. The Hall–Kier alpha value is -6.00. The van der Waals surface area contributed by atoms with E-state index in [9.17, 15) is 0 Å². The molecule has 1 aliphatic carbocycles. The molecule has 1 fully saturated rings. The largest absolute Gasteiger partial charge is 0.427 e. The van der Waals surface area contributed by atoms with Crippen molar-refractivity contribution in [1.82, 2.24) is 4.90 Å². The molecule has 1 spiro atoms. The van der Waals surface area contributed by atoms with E-state index >= 15 is 9.59 Å². The van der Waals surface area contributed by atoms with Crippen molar-refractivity contribution in [3.05, 3.63) is 221 Å². The van der Waals surface area contributed by atoms with Gasteiger partial charge >= 0.3 is 5.97 Å². The van der Waals surface area contributed by atoms with E-state index in [2.05, 4.69) is 31.2 Å². The third kappa shape index (κ3) is 4.52. The number of esters is 1. The van der Waals surface area contributed by atoms with Gasteiger partial charge in [-0.25, -0.2) is 0 Å². The Morgan fingerprint density at radius 2 is 1.08 bits per heavy atom. The molecule has 8 rings (SSSR count). The van der Waals surface area contributed by atoms with Gasteiger partial charge in [0, 0.05) is 12.1 Å². The second kappa shape index (κ2) is 12.8. The predicted molar refractivity (Wildman–Crippen MR) is 197 cm³/mol. The molecular formula is C46H37NO3. The molecule has 50 heavy (non-hydrogen) atoms. The third-order valence-corrected chi connectivity index (χ3v) is 10.3. The van der Waals surface area contributed by atoms with E-state index in [0.29, 0.717) is 12.3 Å². The first-order chi connectivity index (χ1) is 24.6. The quantitative estimate of drug-likeness (QED) is 0.116. The number of fused-ring (bicyclic) bond motifs is 2. The van der Waals surface area contributed by atoms with Crippen LogP contribution in [0.4, 0.5) is 0 Å². The second-order valence-corrected chi connectivity index (χ2v) is 12.9. The highest BCUT2D eigenvalue weighted by molar-refractivity contribution is 6.07. The number of hydrogen-bond donors (Lipinski definition) is 0. The molecule has 1 amide bonds. The average molecular weight is 652 g/mol. The molecule has 4 heteroatoms. The number of hydrogen-bond acceptors (Lipinski definition) is 3. The summed E-state index contributed by atoms with van der Waals surface area (Å²) in [7, 11) is 0. The van der Waals surface area contributed by atoms with Crippen molar-refractivity contribution in [2.45, 2.75) is 30.2 Å². The lowest BCUT2D eigenvalue weighted by Gasteiger charge is -2.64. The SMILES string of the molecule is CCCN1C(=O)C(c2ccccc2)(c2ccccc2)[C@@]12C(OC(=O)C(c1ccccc1)c1ccccc1)=C(c1ccccc1)c1ccccc12. The van der Waals surface area contributed by atoms with Gasteiger partial charge in [0.05, 0.1) is 0 Å². The first kappa shape index (κ1) is 31.3. The average Bonchev–Trinajstić information content (AvgIpc) is 3.47. The van der Waals surface area contributed by atoms with E-state index in [1.807, 2.05) is 157 Å². The van der Waals surface area contributed by atoms with Crippen LogP contribution >= 0.6 is 0 Å². The van der Waals surface area contributed by atoms with Crippen LogP contribution in [0.2, 0.25) is 0 Å². The molecule has 1 heterocycles. The standard InChI is InChI=1S/C46H37NO3/c1-2-32-47-44(49)45(36-26-14-6-15-27-36,37-28-16-7-17-29-37)46(47)39-31-19-18-30-38(39)41(35-24-12-5-13-25-35)42(46)50-43(48)40(33-20-8-3-9-21-33)34-22-10-4-11-23-34/h3-31,40H,2,32H2,1H3/t46-/m1/s1. The zero-order valence-corrected chi connectivity index (χ0v) is 27.9. The van der Waals surface area contributed by atoms with Gasteiger partial charge in [-0.2, -0.15) is 0 Å². The maximum atomic E-state index is 15.3. The van der Waals surface area contributed by atoms with Gasteiger partial charge in [0.1, 0.15) is 22.6 Å². The second-order valence-electron chi connectivity index (χ2n) is 12.9. The highest BCUT2D eigenvalue weighted by Gasteiger charge is 2.78. The van der Waals surface area contributed by atoms with Gasteiger partial charge in [-0.15, -0.1) is 0 Å². The van der Waals surface area contributed by atoms with E-state index in [-0.39, 0.29) is 5.91 Å². The van der Waals surface area contributed by atoms with Crippen molar-refractivity contribution in [2.24, 2.45) is 0 Å². The van der Waals surface area contributed by atoms with E-state index in [1.54, 1.807) is 0 Å². The molecular weight excluding hydrogens is 615 g/mol. The van der Waals surface area contributed by atoms with Gasteiger partial charge in [0.2, 0.25) is 5.91 Å². The third-order valence-electron chi connectivity index (χ3n) is 10.3. The normalized spacial score (nSPS) is 17.5. The number of β-lactam (4-membered cyclic amide) rings is 1. The van der Waals surface area contributed by atoms with Gasteiger partial charge in [0.25, 0.3) is 0 Å². The molecule has 6 aromatic rings. The molecule has 0 bridgehead atoms. The molecule has 1 saturated heterocycles. The monoisotopic (exact) mass is 651 g/mol. The minimum absolute atomic E-state index is 0.0166. The number of carbonyl (C=O) groups is 2. The number of likely N-dealkylation sites (tertiary alicyclic amines) is 1. The number of rotatable bonds is 9. The van der Waals surface area contributed by atoms with Crippen LogP contribution in [0, 0.1) is 0 Å². The van der Waals surface area contributed by atoms with E-state index < -0.39 is 22.8 Å². The van der Waals surface area contributed by atoms with Crippen LogP contribution in [0.15, 0.2) is 182 Å². The van der Waals surface area contributed by atoms with Crippen molar-refractivity contribution in [3.63, 3.8) is 0 Å². The Morgan fingerprint density at radius 3 is 1.60 bits per heavy atom. The van der Waals surface area contributed by atoms with Crippen LogP contribution in [0.3, 0.4) is 0 Å². The fourth-order valence-electron chi connectivity index (χ4n) is 8.37. The topological polar surface area (TPSA) is 46.6 Å². The zero-order chi connectivity index (χ0) is 34.1. The maximum absolute atomic E-state index is 15.3. The Kier molecular flexibility index (Phi) is 8.00. The molecule has 0 radical (unpaired) electrons. The van der Waals surface area contributed by atoms with Crippen LogP contribution in [-0.2, 0) is 25.3 Å². The van der Waals surface area contributed by atoms with Gasteiger partial charge in [0.15, 0.2) is 0 Å². The number of carbonyl (C=O) groups excluding carboxylic acids is 2. The predicted octanol–water partition coefficient (Wildman–Crippen LogP) is 9.27. The van der Waals surface area contributed by atoms with E-state index in [4.69, 9.17) is 4.74 Å². The molecule has 6 aromatic carbocycles. The summed E-state index contributed by atoms with van der Waals surface area (Å²) in [5, 5.41) is 0. The summed E-state index contributed by atoms with van der Waals surface area (Å²) in [6.07, 6.45) is 0.730. The molecule has 1 atom stereocenters. The Balaban J connectivity index is 1.47. The molecule has 0 aromatic heterocycles. The van der Waals surface area contributed by atoms with E-state index in [1.165, 1.54) is 0 Å². The molecule has 244 valence electrons. The summed E-state index contributed by atoms with van der Waals surface area (Å²) >= 11 is 0. The fourth-order valence-corrected chi connectivity index (χ4v) is 8.37. The van der Waals surface area contributed by atoms with Gasteiger partial charge in [-0.05, 0) is 45.4 Å². The van der Waals surface area contributed by atoms with Crippen molar-refractivity contribution >= 4 is 17.4 Å². The Bertz CT molecular complexity index is 2100. The lowest BCUT2D eigenvalue weighted by Crippen LogP contribution is -2.79. The maximum Gasteiger partial charge on any atom is 0.323 e. The summed E-state index contributed by atoms with van der Waals surface area (Å²) in [6, 6.07) is 58.0. The number of nitrogens with zero attached hydrogens (tertiary/aromatic N) is 1. The molecule has 2 aliphatic rings. The van der Waals surface area contributed by atoms with Gasteiger partial charge in [-0.1, -0.05) is 183 Å². The van der Waals surface area contributed by atoms with Crippen molar-refractivity contribution in [2.75, 3.05) is 6.54 Å². The van der Waals surface area contributed by atoms with Gasteiger partial charge in [-0.3, -0.25) is 9.59 Å². The van der Waals surface area contributed by atoms with Crippen LogP contribution in [-0.4, -0.2) is 23.3 Å². The Labute approximate surface area is 293 Å². The highest BCUT2D eigenvalue weighted by atomic mass is 16.5. The molecule has 0 saturated carbocycles. The summed E-state index contributed by atoms with van der Waals surface area (Å²) in [5.41, 5.74) is 4.61. The minimum Gasteiger partial charge on any atom is -0.427 e. The molecule has 1 aliphatic heterocycles.